The van der Waals surface area contributed by atoms with Crippen LogP contribution in [0.15, 0.2) is 58.8 Å². The standard InChI is InChI=1S/2C12H15ClN2O/c2*13-12-4-2-1-3-10(12)9-15-7-5-11(14-16)6-8-15/h2*1-4,16H,5-9H2. The van der Waals surface area contributed by atoms with E-state index in [1.165, 1.54) is 0 Å². The van der Waals surface area contributed by atoms with E-state index in [0.717, 1.165) is 97.5 Å². The number of likely N-dealkylation sites (tertiary alicyclic amines) is 2. The molecule has 2 aliphatic rings. The Morgan fingerprint density at radius 2 is 0.969 bits per heavy atom. The molecule has 0 aliphatic carbocycles. The first-order chi connectivity index (χ1) is 15.6. The highest BCUT2D eigenvalue weighted by atomic mass is 35.5. The summed E-state index contributed by atoms with van der Waals surface area (Å²) in [5, 5.41) is 25.5. The molecule has 2 N–H and O–H groups in total. The van der Waals surface area contributed by atoms with Crippen molar-refractivity contribution in [1.29, 1.82) is 0 Å². The average Bonchev–Trinajstić information content (AvgIpc) is 2.83. The van der Waals surface area contributed by atoms with Gasteiger partial charge in [-0.05, 0) is 23.3 Å². The maximum atomic E-state index is 8.66. The molecule has 2 fully saturated rings. The van der Waals surface area contributed by atoms with Gasteiger partial charge in [-0.2, -0.15) is 0 Å². The maximum absolute atomic E-state index is 8.66. The highest BCUT2D eigenvalue weighted by Crippen LogP contribution is 2.20. The molecule has 0 aromatic heterocycles. The number of nitrogens with zero attached hydrogens (tertiary/aromatic N) is 4. The predicted octanol–water partition coefficient (Wildman–Crippen LogP) is 5.53. The molecule has 0 amide bonds. The van der Waals surface area contributed by atoms with Crippen LogP contribution in [0.1, 0.15) is 36.8 Å². The van der Waals surface area contributed by atoms with E-state index in [2.05, 4.69) is 32.2 Å². The molecule has 172 valence electrons. The lowest BCUT2D eigenvalue weighted by Crippen LogP contribution is -2.33. The molecule has 0 bridgehead atoms. The smallest absolute Gasteiger partial charge is 0.0596 e. The van der Waals surface area contributed by atoms with E-state index < -0.39 is 0 Å². The van der Waals surface area contributed by atoms with Gasteiger partial charge in [-0.1, -0.05) is 69.9 Å². The summed E-state index contributed by atoms with van der Waals surface area (Å²) in [6.45, 7) is 5.49. The minimum absolute atomic E-state index is 0.823. The van der Waals surface area contributed by atoms with Crippen LogP contribution in [0.3, 0.4) is 0 Å². The van der Waals surface area contributed by atoms with Crippen molar-refractivity contribution in [3.05, 3.63) is 69.7 Å². The summed E-state index contributed by atoms with van der Waals surface area (Å²) in [7, 11) is 0. The Bertz CT molecular complexity index is 840. The number of hydrogen-bond donors (Lipinski definition) is 2. The van der Waals surface area contributed by atoms with Gasteiger partial charge in [0.2, 0.25) is 0 Å². The van der Waals surface area contributed by atoms with Gasteiger partial charge in [0.05, 0.1) is 11.4 Å². The molecular weight excluding hydrogens is 447 g/mol. The fourth-order valence-corrected chi connectivity index (χ4v) is 4.26. The molecule has 2 aromatic carbocycles. The first-order valence-electron chi connectivity index (χ1n) is 10.9. The Kier molecular flexibility index (Phi) is 9.81. The molecule has 2 aliphatic heterocycles. The molecule has 0 unspecified atom stereocenters. The van der Waals surface area contributed by atoms with E-state index in [4.69, 9.17) is 33.6 Å². The van der Waals surface area contributed by atoms with Crippen molar-refractivity contribution < 1.29 is 10.4 Å². The predicted molar refractivity (Wildman–Crippen MR) is 130 cm³/mol. The van der Waals surface area contributed by atoms with Gasteiger partial charge in [0.25, 0.3) is 0 Å². The van der Waals surface area contributed by atoms with E-state index >= 15 is 0 Å². The number of piperidine rings is 2. The second-order valence-corrected chi connectivity index (χ2v) is 8.88. The van der Waals surface area contributed by atoms with Crippen LogP contribution in [0.4, 0.5) is 0 Å². The largest absolute Gasteiger partial charge is 0.411 e. The fraction of sp³-hybridized carbons (Fsp3) is 0.417. The zero-order chi connectivity index (χ0) is 22.8. The van der Waals surface area contributed by atoms with Crippen LogP contribution in [0.25, 0.3) is 0 Å². The lowest BCUT2D eigenvalue weighted by atomic mass is 10.1. The Morgan fingerprint density at radius 1 is 0.625 bits per heavy atom. The van der Waals surface area contributed by atoms with Gasteiger partial charge in [-0.15, -0.1) is 0 Å². The van der Waals surface area contributed by atoms with Gasteiger partial charge in [0.1, 0.15) is 0 Å². The van der Waals surface area contributed by atoms with Crippen LogP contribution in [0.2, 0.25) is 10.0 Å². The Morgan fingerprint density at radius 3 is 1.28 bits per heavy atom. The molecule has 6 nitrogen and oxygen atoms in total. The second-order valence-electron chi connectivity index (χ2n) is 8.07. The Labute approximate surface area is 199 Å². The first kappa shape index (κ1) is 24.5. The van der Waals surface area contributed by atoms with Crippen molar-refractivity contribution in [1.82, 2.24) is 9.80 Å². The monoisotopic (exact) mass is 476 g/mol. The summed E-state index contributed by atoms with van der Waals surface area (Å²) >= 11 is 12.2. The molecule has 2 heterocycles. The quantitative estimate of drug-likeness (QED) is 0.449. The van der Waals surface area contributed by atoms with Crippen molar-refractivity contribution in [3.63, 3.8) is 0 Å². The van der Waals surface area contributed by atoms with Gasteiger partial charge in [0.15, 0.2) is 0 Å². The molecule has 0 atom stereocenters. The van der Waals surface area contributed by atoms with E-state index in [-0.39, 0.29) is 0 Å². The summed E-state index contributed by atoms with van der Waals surface area (Å²) in [6, 6.07) is 15.8. The number of oxime groups is 2. The second kappa shape index (κ2) is 12.8. The van der Waals surface area contributed by atoms with Crippen molar-refractivity contribution in [2.24, 2.45) is 10.3 Å². The molecule has 0 radical (unpaired) electrons. The van der Waals surface area contributed by atoms with E-state index in [1.807, 2.05) is 36.4 Å². The molecule has 8 heteroatoms. The third-order valence-corrected chi connectivity index (χ3v) is 6.59. The van der Waals surface area contributed by atoms with Crippen LogP contribution >= 0.6 is 23.2 Å². The van der Waals surface area contributed by atoms with Crippen molar-refractivity contribution in [2.75, 3.05) is 26.2 Å². The van der Waals surface area contributed by atoms with Gasteiger partial charge in [-0.25, -0.2) is 0 Å². The molecule has 2 aromatic rings. The third-order valence-electron chi connectivity index (χ3n) is 5.85. The van der Waals surface area contributed by atoms with Gasteiger partial charge < -0.3 is 10.4 Å². The third kappa shape index (κ3) is 7.48. The number of halogens is 2. The van der Waals surface area contributed by atoms with Crippen molar-refractivity contribution in [3.8, 4) is 0 Å². The van der Waals surface area contributed by atoms with Crippen LogP contribution in [-0.2, 0) is 13.1 Å². The summed E-state index contributed by atoms with van der Waals surface area (Å²) in [5.41, 5.74) is 4.12. The summed E-state index contributed by atoms with van der Waals surface area (Å²) in [4.78, 5) is 4.66. The first-order valence-corrected chi connectivity index (χ1v) is 11.7. The van der Waals surface area contributed by atoms with Crippen LogP contribution in [0.5, 0.6) is 0 Å². The molecule has 2 saturated heterocycles. The summed E-state index contributed by atoms with van der Waals surface area (Å²) in [5.74, 6) is 0. The van der Waals surface area contributed by atoms with E-state index in [1.54, 1.807) is 0 Å². The van der Waals surface area contributed by atoms with Crippen LogP contribution in [-0.4, -0.2) is 57.8 Å². The number of hydrogen-bond acceptors (Lipinski definition) is 6. The lowest BCUT2D eigenvalue weighted by molar-refractivity contribution is 0.256. The molecule has 32 heavy (non-hydrogen) atoms. The topological polar surface area (TPSA) is 71.7 Å². The van der Waals surface area contributed by atoms with Gasteiger partial charge >= 0.3 is 0 Å². The normalized spacial score (nSPS) is 17.4. The van der Waals surface area contributed by atoms with Crippen molar-refractivity contribution in [2.45, 2.75) is 38.8 Å². The van der Waals surface area contributed by atoms with Crippen molar-refractivity contribution >= 4 is 34.6 Å². The molecular formula is C24H30Cl2N4O2. The highest BCUT2D eigenvalue weighted by Gasteiger charge is 2.17. The Hall–Kier alpha value is -2.12. The van der Waals surface area contributed by atoms with Crippen LogP contribution in [0, 0.1) is 0 Å². The van der Waals surface area contributed by atoms with E-state index in [0.29, 0.717) is 0 Å². The van der Waals surface area contributed by atoms with E-state index in [9.17, 15) is 0 Å². The highest BCUT2D eigenvalue weighted by molar-refractivity contribution is 6.31. The molecule has 0 saturated carbocycles. The number of rotatable bonds is 4. The summed E-state index contributed by atoms with van der Waals surface area (Å²) in [6.07, 6.45) is 3.39. The van der Waals surface area contributed by atoms with Gasteiger partial charge in [0, 0.05) is 75.0 Å². The fourth-order valence-electron chi connectivity index (χ4n) is 3.87. The zero-order valence-electron chi connectivity index (χ0n) is 18.1. The molecule has 0 spiro atoms. The minimum Gasteiger partial charge on any atom is -0.411 e. The SMILES string of the molecule is ON=C1CCN(Cc2ccccc2Cl)CC1.ON=C1CCN(Cc2ccccc2Cl)CC1. The zero-order valence-corrected chi connectivity index (χ0v) is 19.6. The lowest BCUT2D eigenvalue weighted by Gasteiger charge is -2.27. The molecule has 4 rings (SSSR count). The van der Waals surface area contributed by atoms with Crippen LogP contribution < -0.4 is 0 Å². The average molecular weight is 477 g/mol. The minimum atomic E-state index is 0.823. The van der Waals surface area contributed by atoms with Gasteiger partial charge in [-0.3, -0.25) is 9.80 Å². The maximum Gasteiger partial charge on any atom is 0.0596 e. The Balaban J connectivity index is 0.000000181. The number of benzene rings is 2. The summed E-state index contributed by atoms with van der Waals surface area (Å²) < 4.78 is 0.